The van der Waals surface area contributed by atoms with E-state index in [1.807, 2.05) is 0 Å². The average molecular weight is 379 g/mol. The fourth-order valence-corrected chi connectivity index (χ4v) is 4.96. The summed E-state index contributed by atoms with van der Waals surface area (Å²) in [7, 11) is 0. The van der Waals surface area contributed by atoms with Crippen LogP contribution in [0.5, 0.6) is 0 Å². The fraction of sp³-hybridized carbons (Fsp3) is 0.826. The standard InChI is InChI=1S/C23H38O4/c1-4-16-26-21(24)23(19-11-7-5-8-12-19,20-13-9-6-10-14-20)22(25)27-17-15-18(2)3/h4,18-20H,1,5-17H2,2-3H3. The summed E-state index contributed by atoms with van der Waals surface area (Å²) in [5.41, 5.74) is -1.12. The lowest BCUT2D eigenvalue weighted by atomic mass is 9.58. The van der Waals surface area contributed by atoms with E-state index in [1.54, 1.807) is 6.08 Å². The lowest BCUT2D eigenvalue weighted by molar-refractivity contribution is -0.185. The van der Waals surface area contributed by atoms with E-state index >= 15 is 0 Å². The first kappa shape index (κ1) is 22.0. The van der Waals surface area contributed by atoms with Crippen LogP contribution < -0.4 is 0 Å². The molecule has 0 aromatic heterocycles. The van der Waals surface area contributed by atoms with E-state index in [0.29, 0.717) is 12.5 Å². The summed E-state index contributed by atoms with van der Waals surface area (Å²) in [6.07, 6.45) is 12.7. The second-order valence-corrected chi connectivity index (χ2v) is 8.74. The number of ether oxygens (including phenoxy) is 2. The van der Waals surface area contributed by atoms with Crippen LogP contribution in [0.2, 0.25) is 0 Å². The molecule has 4 heteroatoms. The summed E-state index contributed by atoms with van der Waals surface area (Å²) < 4.78 is 11.3. The summed E-state index contributed by atoms with van der Waals surface area (Å²) in [5, 5.41) is 0. The van der Waals surface area contributed by atoms with Gasteiger partial charge in [-0.25, -0.2) is 0 Å². The SMILES string of the molecule is C=CCOC(=O)C(C(=O)OCCC(C)C)(C1CCCCC1)C1CCCCC1. The van der Waals surface area contributed by atoms with Gasteiger partial charge in [0.05, 0.1) is 6.61 Å². The van der Waals surface area contributed by atoms with Crippen LogP contribution in [0.25, 0.3) is 0 Å². The van der Waals surface area contributed by atoms with Gasteiger partial charge in [-0.1, -0.05) is 65.0 Å². The lowest BCUT2D eigenvalue weighted by Gasteiger charge is -2.44. The van der Waals surface area contributed by atoms with Gasteiger partial charge >= 0.3 is 11.9 Å². The van der Waals surface area contributed by atoms with Gasteiger partial charge in [0.25, 0.3) is 0 Å². The van der Waals surface area contributed by atoms with Gasteiger partial charge in [-0.05, 0) is 49.9 Å². The van der Waals surface area contributed by atoms with Gasteiger partial charge in [-0.3, -0.25) is 9.59 Å². The molecule has 0 heterocycles. The number of hydrogen-bond donors (Lipinski definition) is 0. The molecule has 27 heavy (non-hydrogen) atoms. The summed E-state index contributed by atoms with van der Waals surface area (Å²) >= 11 is 0. The average Bonchev–Trinajstić information content (AvgIpc) is 2.68. The van der Waals surface area contributed by atoms with Crippen molar-refractivity contribution in [2.24, 2.45) is 23.2 Å². The van der Waals surface area contributed by atoms with Crippen molar-refractivity contribution in [3.05, 3.63) is 12.7 Å². The zero-order chi connectivity index (χ0) is 19.7. The molecule has 0 radical (unpaired) electrons. The van der Waals surface area contributed by atoms with Crippen LogP contribution in [0.1, 0.15) is 84.5 Å². The Morgan fingerprint density at radius 1 is 0.926 bits per heavy atom. The Balaban J connectivity index is 2.34. The summed E-state index contributed by atoms with van der Waals surface area (Å²) in [6.45, 7) is 8.42. The summed E-state index contributed by atoms with van der Waals surface area (Å²) in [5.74, 6) is -0.146. The first-order valence-electron chi connectivity index (χ1n) is 11.0. The predicted octanol–water partition coefficient (Wildman–Crippen LogP) is 5.45. The van der Waals surface area contributed by atoms with Crippen molar-refractivity contribution >= 4 is 11.9 Å². The zero-order valence-corrected chi connectivity index (χ0v) is 17.3. The van der Waals surface area contributed by atoms with E-state index in [4.69, 9.17) is 9.47 Å². The smallest absolute Gasteiger partial charge is 0.324 e. The maximum Gasteiger partial charge on any atom is 0.324 e. The molecule has 4 nitrogen and oxygen atoms in total. The summed E-state index contributed by atoms with van der Waals surface area (Å²) in [4.78, 5) is 26.9. The van der Waals surface area contributed by atoms with Crippen LogP contribution in [0.3, 0.4) is 0 Å². The Kier molecular flexibility index (Phi) is 8.85. The zero-order valence-electron chi connectivity index (χ0n) is 17.3. The molecular formula is C23H38O4. The molecule has 2 aliphatic rings. The van der Waals surface area contributed by atoms with E-state index in [-0.39, 0.29) is 30.4 Å². The molecule has 0 amide bonds. The highest BCUT2D eigenvalue weighted by Crippen LogP contribution is 2.50. The number of carbonyl (C=O) groups excluding carboxylic acids is 2. The van der Waals surface area contributed by atoms with E-state index in [9.17, 15) is 9.59 Å². The maximum atomic E-state index is 13.5. The molecule has 2 rings (SSSR count). The van der Waals surface area contributed by atoms with Crippen LogP contribution in [0, 0.1) is 23.2 Å². The number of rotatable bonds is 9. The van der Waals surface area contributed by atoms with Crippen LogP contribution in [-0.4, -0.2) is 25.2 Å². The summed E-state index contributed by atoms with van der Waals surface area (Å²) in [6, 6.07) is 0. The van der Waals surface area contributed by atoms with Gasteiger partial charge in [-0.15, -0.1) is 0 Å². The molecule has 154 valence electrons. The molecule has 2 aliphatic carbocycles. The highest BCUT2D eigenvalue weighted by atomic mass is 16.6. The molecule has 0 saturated heterocycles. The molecule has 0 aliphatic heterocycles. The van der Waals surface area contributed by atoms with Gasteiger partial charge in [0.15, 0.2) is 5.41 Å². The minimum absolute atomic E-state index is 0.0400. The lowest BCUT2D eigenvalue weighted by Crippen LogP contribution is -2.54. The highest BCUT2D eigenvalue weighted by molar-refractivity contribution is 6.01. The molecule has 0 atom stereocenters. The largest absolute Gasteiger partial charge is 0.465 e. The molecule has 0 unspecified atom stereocenters. The van der Waals surface area contributed by atoms with Gasteiger partial charge in [0.1, 0.15) is 6.61 Å². The Hall–Kier alpha value is -1.32. The second-order valence-electron chi connectivity index (χ2n) is 8.74. The van der Waals surface area contributed by atoms with Crippen LogP contribution in [0.4, 0.5) is 0 Å². The third-order valence-electron chi connectivity index (χ3n) is 6.43. The Morgan fingerprint density at radius 3 is 1.85 bits per heavy atom. The monoisotopic (exact) mass is 378 g/mol. The van der Waals surface area contributed by atoms with Gasteiger partial charge < -0.3 is 9.47 Å². The number of esters is 2. The normalized spacial score (nSPS) is 19.7. The maximum absolute atomic E-state index is 13.5. The van der Waals surface area contributed by atoms with E-state index in [2.05, 4.69) is 20.4 Å². The van der Waals surface area contributed by atoms with Crippen molar-refractivity contribution in [1.29, 1.82) is 0 Å². The van der Waals surface area contributed by atoms with E-state index in [1.165, 1.54) is 12.8 Å². The number of carbonyl (C=O) groups is 2. The molecule has 0 bridgehead atoms. The van der Waals surface area contributed by atoms with Crippen LogP contribution >= 0.6 is 0 Å². The van der Waals surface area contributed by atoms with E-state index < -0.39 is 5.41 Å². The minimum atomic E-state index is -1.12. The third kappa shape index (κ3) is 5.36. The Labute approximate surface area is 165 Å². The highest BCUT2D eigenvalue weighted by Gasteiger charge is 2.59. The molecular weight excluding hydrogens is 340 g/mol. The first-order valence-corrected chi connectivity index (χ1v) is 11.0. The molecule has 2 saturated carbocycles. The van der Waals surface area contributed by atoms with Crippen molar-refractivity contribution in [2.75, 3.05) is 13.2 Å². The first-order chi connectivity index (χ1) is 13.0. The van der Waals surface area contributed by atoms with E-state index in [0.717, 1.165) is 57.8 Å². The molecule has 0 spiro atoms. The molecule has 2 fully saturated rings. The topological polar surface area (TPSA) is 52.6 Å². The Morgan fingerprint density at radius 2 is 1.41 bits per heavy atom. The predicted molar refractivity (Wildman–Crippen MR) is 107 cm³/mol. The molecule has 0 N–H and O–H groups in total. The van der Waals surface area contributed by atoms with Crippen LogP contribution in [-0.2, 0) is 19.1 Å². The minimum Gasteiger partial charge on any atom is -0.465 e. The van der Waals surface area contributed by atoms with Crippen molar-refractivity contribution in [1.82, 2.24) is 0 Å². The van der Waals surface area contributed by atoms with Crippen molar-refractivity contribution < 1.29 is 19.1 Å². The Bertz CT molecular complexity index is 467. The van der Waals surface area contributed by atoms with Crippen LogP contribution in [0.15, 0.2) is 12.7 Å². The van der Waals surface area contributed by atoms with Crippen molar-refractivity contribution in [3.63, 3.8) is 0 Å². The second kappa shape index (κ2) is 10.9. The van der Waals surface area contributed by atoms with Gasteiger partial charge in [0, 0.05) is 0 Å². The fourth-order valence-electron chi connectivity index (χ4n) is 4.96. The van der Waals surface area contributed by atoms with Crippen molar-refractivity contribution in [3.8, 4) is 0 Å². The van der Waals surface area contributed by atoms with Crippen molar-refractivity contribution in [2.45, 2.75) is 84.5 Å². The third-order valence-corrected chi connectivity index (χ3v) is 6.43. The molecule has 0 aromatic rings. The molecule has 0 aromatic carbocycles. The van der Waals surface area contributed by atoms with Gasteiger partial charge in [0.2, 0.25) is 0 Å². The quantitative estimate of drug-likeness (QED) is 0.304. The number of hydrogen-bond acceptors (Lipinski definition) is 4. The van der Waals surface area contributed by atoms with Gasteiger partial charge in [-0.2, -0.15) is 0 Å².